The van der Waals surface area contributed by atoms with Gasteiger partial charge in [0.05, 0.1) is 31.3 Å². The maximum absolute atomic E-state index is 9.90. The van der Waals surface area contributed by atoms with E-state index in [1.807, 2.05) is 0 Å². The van der Waals surface area contributed by atoms with Crippen LogP contribution in [0.25, 0.3) is 0 Å². The number of benzene rings is 1. The summed E-state index contributed by atoms with van der Waals surface area (Å²) in [7, 11) is 0. The molecular weight excluding hydrogens is 460 g/mol. The van der Waals surface area contributed by atoms with E-state index >= 15 is 0 Å². The summed E-state index contributed by atoms with van der Waals surface area (Å²) in [5.74, 6) is 0. The van der Waals surface area contributed by atoms with Crippen LogP contribution in [0.1, 0.15) is 134 Å². The van der Waals surface area contributed by atoms with E-state index in [1.165, 1.54) is 102 Å². The van der Waals surface area contributed by atoms with E-state index in [2.05, 4.69) is 37.3 Å². The number of unbranched alkanes of at least 4 members (excludes halogenated alkanes) is 16. The van der Waals surface area contributed by atoms with Crippen molar-refractivity contribution in [2.45, 2.75) is 141 Å². The summed E-state index contributed by atoms with van der Waals surface area (Å²) in [4.78, 5) is 0. The second-order valence-corrected chi connectivity index (χ2v) is 11.2. The smallest absolute Gasteiger partial charge is 0.0697 e. The van der Waals surface area contributed by atoms with Crippen LogP contribution in [0.5, 0.6) is 0 Å². The minimum atomic E-state index is -0.941. The Hall–Kier alpha value is -0.940. The maximum atomic E-state index is 9.90. The van der Waals surface area contributed by atoms with Crippen LogP contribution >= 0.6 is 0 Å². The third-order valence-corrected chi connectivity index (χ3v) is 7.97. The van der Waals surface area contributed by atoms with Gasteiger partial charge in [0, 0.05) is 6.61 Å². The number of hydrogen-bond donors (Lipinski definition) is 3. The molecule has 0 fully saturated rings. The topological polar surface area (TPSA) is 69.9 Å². The Morgan fingerprint density at radius 2 is 1.05 bits per heavy atom. The normalized spacial score (nSPS) is 12.8. The summed E-state index contributed by atoms with van der Waals surface area (Å²) < 4.78 is 6.17. The number of rotatable bonds is 27. The monoisotopic (exact) mass is 520 g/mol. The van der Waals surface area contributed by atoms with Crippen molar-refractivity contribution in [1.29, 1.82) is 0 Å². The van der Waals surface area contributed by atoms with Crippen molar-refractivity contribution < 1.29 is 20.1 Å². The summed E-state index contributed by atoms with van der Waals surface area (Å²) in [6.07, 6.45) is 24.4. The van der Waals surface area contributed by atoms with E-state index in [0.717, 1.165) is 32.1 Å². The molecule has 0 aliphatic carbocycles. The van der Waals surface area contributed by atoms with Gasteiger partial charge in [-0.25, -0.2) is 0 Å². The van der Waals surface area contributed by atoms with Crippen molar-refractivity contribution in [1.82, 2.24) is 0 Å². The lowest BCUT2D eigenvalue weighted by Gasteiger charge is -2.36. The maximum Gasteiger partial charge on any atom is 0.0697 e. The highest BCUT2D eigenvalue weighted by Crippen LogP contribution is 2.28. The van der Waals surface area contributed by atoms with Crippen molar-refractivity contribution in [3.8, 4) is 0 Å². The van der Waals surface area contributed by atoms with Crippen LogP contribution < -0.4 is 0 Å². The molecule has 0 spiro atoms. The number of aryl methyl sites for hydroxylation is 1. The van der Waals surface area contributed by atoms with Crippen molar-refractivity contribution in [2.24, 2.45) is 5.41 Å². The molecule has 4 heteroatoms. The molecule has 1 aromatic carbocycles. The van der Waals surface area contributed by atoms with Gasteiger partial charge in [0.15, 0.2) is 0 Å². The van der Waals surface area contributed by atoms with Crippen LogP contribution in [-0.4, -0.2) is 47.9 Å². The molecule has 0 aromatic heterocycles. The fourth-order valence-corrected chi connectivity index (χ4v) is 5.20. The van der Waals surface area contributed by atoms with Crippen LogP contribution in [0.4, 0.5) is 0 Å². The van der Waals surface area contributed by atoms with Gasteiger partial charge in [0.1, 0.15) is 0 Å². The van der Waals surface area contributed by atoms with Gasteiger partial charge < -0.3 is 20.1 Å². The molecule has 0 saturated heterocycles. The van der Waals surface area contributed by atoms with Gasteiger partial charge >= 0.3 is 0 Å². The Morgan fingerprint density at radius 1 is 0.595 bits per heavy atom. The van der Waals surface area contributed by atoms with Crippen LogP contribution in [0, 0.1) is 5.41 Å². The first-order valence-electron chi connectivity index (χ1n) is 15.7. The summed E-state index contributed by atoms with van der Waals surface area (Å²) >= 11 is 0. The molecule has 0 radical (unpaired) electrons. The van der Waals surface area contributed by atoms with Crippen molar-refractivity contribution >= 4 is 0 Å². The quantitative estimate of drug-likeness (QED) is 0.103. The molecule has 1 atom stereocenters. The molecular formula is C33H60O4. The lowest BCUT2D eigenvalue weighted by Crippen LogP contribution is -2.46. The fraction of sp³-hybridized carbons (Fsp3) is 0.818. The van der Waals surface area contributed by atoms with E-state index < -0.39 is 5.41 Å². The molecule has 1 unspecified atom stereocenters. The van der Waals surface area contributed by atoms with E-state index in [1.54, 1.807) is 0 Å². The fourth-order valence-electron chi connectivity index (χ4n) is 5.20. The SMILES string of the molecule is CCCCCCCCCC(OCCCCCCCCCCCCCc1ccccc1)C(CO)(CO)CO. The van der Waals surface area contributed by atoms with Gasteiger partial charge in [0.2, 0.25) is 0 Å². The lowest BCUT2D eigenvalue weighted by molar-refractivity contribution is -0.117. The molecule has 4 nitrogen and oxygen atoms in total. The second-order valence-electron chi connectivity index (χ2n) is 11.2. The Kier molecular flexibility index (Phi) is 22.2. The van der Waals surface area contributed by atoms with Crippen LogP contribution in [-0.2, 0) is 11.2 Å². The van der Waals surface area contributed by atoms with Crippen molar-refractivity contribution in [3.05, 3.63) is 35.9 Å². The highest BCUT2D eigenvalue weighted by Gasteiger charge is 2.38. The molecule has 0 aliphatic heterocycles. The average Bonchev–Trinajstić information content (AvgIpc) is 2.94. The molecule has 3 N–H and O–H groups in total. The first kappa shape index (κ1) is 34.1. The van der Waals surface area contributed by atoms with Gasteiger partial charge in [-0.1, -0.05) is 140 Å². The van der Waals surface area contributed by atoms with Crippen molar-refractivity contribution in [3.63, 3.8) is 0 Å². The molecule has 0 amide bonds. The zero-order valence-electron chi connectivity index (χ0n) is 24.2. The molecule has 0 bridgehead atoms. The average molecular weight is 521 g/mol. The lowest BCUT2D eigenvalue weighted by atomic mass is 9.81. The van der Waals surface area contributed by atoms with Gasteiger partial charge in [-0.3, -0.25) is 0 Å². The van der Waals surface area contributed by atoms with Crippen LogP contribution in [0.15, 0.2) is 30.3 Å². The Bertz CT molecular complexity index is 579. The number of aliphatic hydroxyl groups is 3. The Balaban J connectivity index is 2.05. The van der Waals surface area contributed by atoms with Crippen LogP contribution in [0.2, 0.25) is 0 Å². The standard InChI is InChI=1S/C33H60O4/c1-2-3-4-5-11-15-21-26-32(33(28-34,29-35)30-36)37-27-22-16-13-10-8-6-7-9-12-14-18-23-31-24-19-17-20-25-31/h17,19-20,24-25,32,34-36H,2-16,18,21-23,26-30H2,1H3. The predicted molar refractivity (Wildman–Crippen MR) is 157 cm³/mol. The van der Waals surface area contributed by atoms with Crippen LogP contribution in [0.3, 0.4) is 0 Å². The number of aliphatic hydroxyl groups excluding tert-OH is 3. The number of ether oxygens (including phenoxy) is 1. The molecule has 0 heterocycles. The first-order chi connectivity index (χ1) is 18.2. The molecule has 1 aromatic rings. The third-order valence-electron chi connectivity index (χ3n) is 7.97. The van der Waals surface area contributed by atoms with E-state index in [-0.39, 0.29) is 25.9 Å². The van der Waals surface area contributed by atoms with Gasteiger partial charge in [0.25, 0.3) is 0 Å². The molecule has 216 valence electrons. The largest absolute Gasteiger partial charge is 0.396 e. The van der Waals surface area contributed by atoms with Crippen molar-refractivity contribution in [2.75, 3.05) is 26.4 Å². The zero-order valence-corrected chi connectivity index (χ0v) is 24.2. The number of hydrogen-bond acceptors (Lipinski definition) is 4. The summed E-state index contributed by atoms with van der Waals surface area (Å²) in [6.45, 7) is 2.15. The Labute approximate surface area is 229 Å². The van der Waals surface area contributed by atoms with E-state index in [9.17, 15) is 15.3 Å². The highest BCUT2D eigenvalue weighted by atomic mass is 16.5. The highest BCUT2D eigenvalue weighted by molar-refractivity contribution is 5.14. The van der Waals surface area contributed by atoms with E-state index in [4.69, 9.17) is 4.74 Å². The molecule has 1 rings (SSSR count). The van der Waals surface area contributed by atoms with E-state index in [0.29, 0.717) is 6.61 Å². The predicted octanol–water partition coefficient (Wildman–Crippen LogP) is 8.01. The molecule has 0 aliphatic rings. The first-order valence-corrected chi connectivity index (χ1v) is 15.7. The Morgan fingerprint density at radius 3 is 1.57 bits per heavy atom. The van der Waals surface area contributed by atoms with Gasteiger partial charge in [-0.05, 0) is 31.2 Å². The summed E-state index contributed by atoms with van der Waals surface area (Å²) in [6, 6.07) is 10.8. The minimum Gasteiger partial charge on any atom is -0.396 e. The summed E-state index contributed by atoms with van der Waals surface area (Å²) in [5, 5.41) is 29.7. The summed E-state index contributed by atoms with van der Waals surface area (Å²) in [5.41, 5.74) is 0.523. The molecule has 0 saturated carbocycles. The third kappa shape index (κ3) is 16.6. The second kappa shape index (κ2) is 24.1. The minimum absolute atomic E-state index is 0.242. The van der Waals surface area contributed by atoms with Gasteiger partial charge in [-0.15, -0.1) is 0 Å². The zero-order chi connectivity index (χ0) is 26.9. The molecule has 37 heavy (non-hydrogen) atoms. The van der Waals surface area contributed by atoms with Gasteiger partial charge in [-0.2, -0.15) is 0 Å².